The number of rotatable bonds is 4. The van der Waals surface area contributed by atoms with E-state index in [0.717, 1.165) is 24.7 Å². The Morgan fingerprint density at radius 1 is 1.50 bits per heavy atom. The fourth-order valence-electron chi connectivity index (χ4n) is 2.10. The molecular formula is C14H24N2OS. The molecule has 1 fully saturated rings. The van der Waals surface area contributed by atoms with Crippen LogP contribution in [-0.2, 0) is 16.8 Å². The Bertz CT molecular complexity index is 364. The molecule has 0 aromatic carbocycles. The molecule has 0 spiro atoms. The lowest BCUT2D eigenvalue weighted by Crippen LogP contribution is -2.32. The number of hydrogen-bond acceptors (Lipinski definition) is 4. The fourth-order valence-corrected chi connectivity index (χ4v) is 3.06. The van der Waals surface area contributed by atoms with Gasteiger partial charge in [-0.1, -0.05) is 20.8 Å². The van der Waals surface area contributed by atoms with Gasteiger partial charge in [0.15, 0.2) is 0 Å². The van der Waals surface area contributed by atoms with Gasteiger partial charge in [0.1, 0.15) is 5.01 Å². The summed E-state index contributed by atoms with van der Waals surface area (Å²) in [4.78, 5) is 4.64. The Balaban J connectivity index is 1.74. The lowest BCUT2D eigenvalue weighted by atomic mass is 9.93. The molecule has 18 heavy (non-hydrogen) atoms. The van der Waals surface area contributed by atoms with Crippen LogP contribution in [0.25, 0.3) is 0 Å². The van der Waals surface area contributed by atoms with Crippen molar-refractivity contribution in [2.45, 2.75) is 45.6 Å². The third-order valence-corrected chi connectivity index (χ3v) is 4.12. The van der Waals surface area contributed by atoms with Crippen molar-refractivity contribution in [3.63, 3.8) is 0 Å². The molecule has 1 atom stereocenters. The summed E-state index contributed by atoms with van der Waals surface area (Å²) in [5.74, 6) is 0.681. The van der Waals surface area contributed by atoms with Crippen LogP contribution in [-0.4, -0.2) is 24.7 Å². The molecule has 1 aliphatic heterocycles. The molecule has 0 amide bonds. The highest BCUT2D eigenvalue weighted by molar-refractivity contribution is 7.09. The van der Waals surface area contributed by atoms with E-state index in [1.165, 1.54) is 18.5 Å². The first-order chi connectivity index (χ1) is 8.55. The zero-order chi connectivity index (χ0) is 13.0. The quantitative estimate of drug-likeness (QED) is 0.911. The largest absolute Gasteiger partial charge is 0.374 e. The van der Waals surface area contributed by atoms with E-state index in [1.807, 2.05) is 0 Å². The van der Waals surface area contributed by atoms with E-state index < -0.39 is 0 Å². The van der Waals surface area contributed by atoms with Gasteiger partial charge in [0.05, 0.1) is 18.9 Å². The predicted octanol–water partition coefficient (Wildman–Crippen LogP) is 2.96. The molecule has 1 N–H and O–H groups in total. The van der Waals surface area contributed by atoms with Crippen molar-refractivity contribution in [1.82, 2.24) is 10.3 Å². The van der Waals surface area contributed by atoms with Gasteiger partial charge < -0.3 is 10.1 Å². The van der Waals surface area contributed by atoms with Gasteiger partial charge in [0.2, 0.25) is 0 Å². The number of nitrogens with zero attached hydrogens (tertiary/aromatic N) is 1. The summed E-state index contributed by atoms with van der Waals surface area (Å²) in [5, 5.41) is 6.67. The summed E-state index contributed by atoms with van der Waals surface area (Å²) in [7, 11) is 0. The summed E-state index contributed by atoms with van der Waals surface area (Å²) in [6, 6.07) is 0. The zero-order valence-electron chi connectivity index (χ0n) is 11.7. The van der Waals surface area contributed by atoms with Crippen LogP contribution < -0.4 is 5.32 Å². The van der Waals surface area contributed by atoms with E-state index in [0.29, 0.717) is 12.5 Å². The Kier molecular flexibility index (Phi) is 4.76. The fraction of sp³-hybridized carbons (Fsp3) is 0.786. The molecule has 0 saturated carbocycles. The Morgan fingerprint density at radius 2 is 2.33 bits per heavy atom. The standard InChI is InChI=1S/C14H24N2OS/c1-14(2,3)12-10-18-13(16-12)9-17-8-11-5-4-6-15-7-11/h10-11,15H,4-9H2,1-3H3. The Hall–Kier alpha value is -0.450. The molecule has 2 rings (SSSR count). The van der Waals surface area contributed by atoms with Gasteiger partial charge in [-0.15, -0.1) is 11.3 Å². The first-order valence-corrected chi connectivity index (χ1v) is 7.67. The molecule has 1 saturated heterocycles. The summed E-state index contributed by atoms with van der Waals surface area (Å²) < 4.78 is 5.79. The lowest BCUT2D eigenvalue weighted by Gasteiger charge is -2.22. The van der Waals surface area contributed by atoms with Crippen molar-refractivity contribution in [2.24, 2.45) is 5.92 Å². The molecule has 1 unspecified atom stereocenters. The number of nitrogens with one attached hydrogen (secondary N) is 1. The molecule has 4 heteroatoms. The minimum absolute atomic E-state index is 0.141. The molecule has 0 aliphatic carbocycles. The number of hydrogen-bond donors (Lipinski definition) is 1. The normalized spacial score (nSPS) is 21.2. The lowest BCUT2D eigenvalue weighted by molar-refractivity contribution is 0.0780. The summed E-state index contributed by atoms with van der Waals surface area (Å²) in [5.41, 5.74) is 1.31. The van der Waals surface area contributed by atoms with Gasteiger partial charge in [0, 0.05) is 17.3 Å². The third-order valence-electron chi connectivity index (χ3n) is 3.30. The number of thiazole rings is 1. The maximum atomic E-state index is 5.79. The van der Waals surface area contributed by atoms with Gasteiger partial charge >= 0.3 is 0 Å². The molecule has 0 radical (unpaired) electrons. The van der Waals surface area contributed by atoms with Crippen LogP contribution in [0.1, 0.15) is 44.3 Å². The van der Waals surface area contributed by atoms with Crippen LogP contribution in [0.3, 0.4) is 0 Å². The Morgan fingerprint density at radius 3 is 2.94 bits per heavy atom. The molecule has 1 aromatic heterocycles. The second kappa shape index (κ2) is 6.13. The maximum Gasteiger partial charge on any atom is 0.119 e. The smallest absolute Gasteiger partial charge is 0.119 e. The second-order valence-corrected chi connectivity index (χ2v) is 7.05. The average molecular weight is 268 g/mol. The highest BCUT2D eigenvalue weighted by Crippen LogP contribution is 2.24. The van der Waals surface area contributed by atoms with Crippen molar-refractivity contribution in [1.29, 1.82) is 0 Å². The number of ether oxygens (including phenoxy) is 1. The van der Waals surface area contributed by atoms with E-state index in [2.05, 4.69) is 36.5 Å². The van der Waals surface area contributed by atoms with Crippen molar-refractivity contribution in [3.05, 3.63) is 16.1 Å². The van der Waals surface area contributed by atoms with Crippen molar-refractivity contribution >= 4 is 11.3 Å². The van der Waals surface area contributed by atoms with Gasteiger partial charge in [-0.05, 0) is 25.3 Å². The number of aromatic nitrogens is 1. The second-order valence-electron chi connectivity index (χ2n) is 6.10. The molecule has 1 aromatic rings. The monoisotopic (exact) mass is 268 g/mol. The molecule has 102 valence electrons. The molecular weight excluding hydrogens is 244 g/mol. The SMILES string of the molecule is CC(C)(C)c1csc(COCC2CCCNC2)n1. The first kappa shape index (κ1) is 14.0. The van der Waals surface area contributed by atoms with E-state index in [9.17, 15) is 0 Å². The molecule has 0 bridgehead atoms. The van der Waals surface area contributed by atoms with Crippen LogP contribution in [0.4, 0.5) is 0 Å². The maximum absolute atomic E-state index is 5.79. The van der Waals surface area contributed by atoms with E-state index >= 15 is 0 Å². The summed E-state index contributed by atoms with van der Waals surface area (Å²) >= 11 is 1.71. The van der Waals surface area contributed by atoms with Crippen LogP contribution in [0.5, 0.6) is 0 Å². The van der Waals surface area contributed by atoms with Crippen molar-refractivity contribution < 1.29 is 4.74 Å². The molecule has 2 heterocycles. The average Bonchev–Trinajstić information content (AvgIpc) is 2.79. The third kappa shape index (κ3) is 4.04. The minimum Gasteiger partial charge on any atom is -0.374 e. The van der Waals surface area contributed by atoms with Crippen LogP contribution in [0.2, 0.25) is 0 Å². The number of piperidine rings is 1. The van der Waals surface area contributed by atoms with Crippen LogP contribution >= 0.6 is 11.3 Å². The van der Waals surface area contributed by atoms with Crippen molar-refractivity contribution in [2.75, 3.05) is 19.7 Å². The Labute approximate surface area is 114 Å². The summed E-state index contributed by atoms with van der Waals surface area (Å²) in [6.07, 6.45) is 2.57. The van der Waals surface area contributed by atoms with Crippen molar-refractivity contribution in [3.8, 4) is 0 Å². The topological polar surface area (TPSA) is 34.1 Å². The molecule has 3 nitrogen and oxygen atoms in total. The highest BCUT2D eigenvalue weighted by Gasteiger charge is 2.18. The van der Waals surface area contributed by atoms with E-state index in [4.69, 9.17) is 4.74 Å². The van der Waals surface area contributed by atoms with Gasteiger partial charge in [-0.25, -0.2) is 4.98 Å². The van der Waals surface area contributed by atoms with Crippen LogP contribution in [0, 0.1) is 5.92 Å². The van der Waals surface area contributed by atoms with Gasteiger partial charge in [-0.2, -0.15) is 0 Å². The van der Waals surface area contributed by atoms with Crippen LogP contribution in [0.15, 0.2) is 5.38 Å². The minimum atomic E-state index is 0.141. The zero-order valence-corrected chi connectivity index (χ0v) is 12.5. The summed E-state index contributed by atoms with van der Waals surface area (Å²) in [6.45, 7) is 10.4. The van der Waals surface area contributed by atoms with Gasteiger partial charge in [0.25, 0.3) is 0 Å². The highest BCUT2D eigenvalue weighted by atomic mass is 32.1. The van der Waals surface area contributed by atoms with E-state index in [-0.39, 0.29) is 5.41 Å². The van der Waals surface area contributed by atoms with E-state index in [1.54, 1.807) is 11.3 Å². The first-order valence-electron chi connectivity index (χ1n) is 6.79. The molecule has 1 aliphatic rings. The van der Waals surface area contributed by atoms with Gasteiger partial charge in [-0.3, -0.25) is 0 Å². The predicted molar refractivity (Wildman–Crippen MR) is 76.1 cm³/mol.